The Morgan fingerprint density at radius 1 is 1.29 bits per heavy atom. The molecule has 0 aliphatic carbocycles. The minimum absolute atomic E-state index is 0.304. The molecule has 0 spiro atoms. The zero-order valence-corrected chi connectivity index (χ0v) is 8.04. The molecule has 14 heavy (non-hydrogen) atoms. The fourth-order valence-electron chi connectivity index (χ4n) is 1.17. The van der Waals surface area contributed by atoms with E-state index in [-0.39, 0.29) is 5.97 Å². The van der Waals surface area contributed by atoms with Gasteiger partial charge in [0.1, 0.15) is 6.61 Å². The van der Waals surface area contributed by atoms with Gasteiger partial charge in [-0.25, -0.2) is 4.79 Å². The van der Waals surface area contributed by atoms with Gasteiger partial charge in [0.2, 0.25) is 0 Å². The van der Waals surface area contributed by atoms with Gasteiger partial charge in [-0.3, -0.25) is 0 Å². The lowest BCUT2D eigenvalue weighted by atomic mass is 10.3. The van der Waals surface area contributed by atoms with E-state index in [1.807, 2.05) is 12.1 Å². The van der Waals surface area contributed by atoms with Gasteiger partial charge in [-0.05, 0) is 24.3 Å². The number of hydrogen-bond acceptors (Lipinski definition) is 3. The van der Waals surface area contributed by atoms with Crippen LogP contribution in [0.25, 0.3) is 0 Å². The van der Waals surface area contributed by atoms with Crippen LogP contribution in [0.2, 0.25) is 5.02 Å². The van der Waals surface area contributed by atoms with Gasteiger partial charge in [0.05, 0.1) is 5.70 Å². The van der Waals surface area contributed by atoms with E-state index in [9.17, 15) is 4.79 Å². The minimum atomic E-state index is -0.304. The lowest BCUT2D eigenvalue weighted by Crippen LogP contribution is -2.00. The van der Waals surface area contributed by atoms with Crippen molar-refractivity contribution in [3.8, 4) is 0 Å². The molecule has 0 atom stereocenters. The van der Waals surface area contributed by atoms with Crippen LogP contribution >= 0.6 is 11.6 Å². The average Bonchev–Trinajstić information content (AvgIpc) is 2.56. The monoisotopic (exact) mass is 209 g/mol. The molecule has 1 N–H and O–H groups in total. The Labute approximate surface area is 86.3 Å². The van der Waals surface area contributed by atoms with Crippen molar-refractivity contribution in [2.75, 3.05) is 11.9 Å². The molecule has 72 valence electrons. The van der Waals surface area contributed by atoms with Gasteiger partial charge < -0.3 is 10.1 Å². The number of benzene rings is 1. The highest BCUT2D eigenvalue weighted by molar-refractivity contribution is 6.30. The summed E-state index contributed by atoms with van der Waals surface area (Å²) in [5, 5.41) is 3.74. The first kappa shape index (κ1) is 9.09. The summed E-state index contributed by atoms with van der Waals surface area (Å²) in [6.45, 7) is 0.307. The molecule has 1 aromatic rings. The molecule has 0 fully saturated rings. The third-order valence-corrected chi connectivity index (χ3v) is 2.06. The van der Waals surface area contributed by atoms with Gasteiger partial charge in [-0.2, -0.15) is 0 Å². The standard InChI is InChI=1S/C10H8ClNO2/c11-7-1-3-8(4-2-7)12-9-5-10(13)14-6-9/h1-5,12H,6H2. The normalized spacial score (nSPS) is 14.9. The highest BCUT2D eigenvalue weighted by atomic mass is 35.5. The molecule has 0 radical (unpaired) electrons. The molecule has 1 heterocycles. The van der Waals surface area contributed by atoms with E-state index in [0.717, 1.165) is 11.4 Å². The van der Waals surface area contributed by atoms with Gasteiger partial charge in [-0.1, -0.05) is 11.6 Å². The summed E-state index contributed by atoms with van der Waals surface area (Å²) < 4.78 is 4.74. The molecular formula is C10H8ClNO2. The summed E-state index contributed by atoms with van der Waals surface area (Å²) in [5.74, 6) is -0.304. The quantitative estimate of drug-likeness (QED) is 0.759. The highest BCUT2D eigenvalue weighted by Crippen LogP contribution is 2.16. The van der Waals surface area contributed by atoms with Gasteiger partial charge in [0.25, 0.3) is 0 Å². The second-order valence-electron chi connectivity index (χ2n) is 2.91. The van der Waals surface area contributed by atoms with Crippen LogP contribution in [0.4, 0.5) is 5.69 Å². The molecule has 0 saturated carbocycles. The first-order valence-corrected chi connectivity index (χ1v) is 4.52. The maximum Gasteiger partial charge on any atom is 0.333 e. The van der Waals surface area contributed by atoms with Crippen LogP contribution in [0.1, 0.15) is 0 Å². The van der Waals surface area contributed by atoms with Crippen LogP contribution in [-0.4, -0.2) is 12.6 Å². The Morgan fingerprint density at radius 2 is 2.00 bits per heavy atom. The predicted molar refractivity (Wildman–Crippen MR) is 54.1 cm³/mol. The molecule has 1 aliphatic rings. The summed E-state index contributed by atoms with van der Waals surface area (Å²) in [5.41, 5.74) is 1.65. The minimum Gasteiger partial charge on any atom is -0.456 e. The number of anilines is 1. The third-order valence-electron chi connectivity index (χ3n) is 1.81. The van der Waals surface area contributed by atoms with Crippen LogP contribution < -0.4 is 5.32 Å². The van der Waals surface area contributed by atoms with E-state index in [2.05, 4.69) is 5.32 Å². The molecule has 2 rings (SSSR count). The van der Waals surface area contributed by atoms with Gasteiger partial charge in [0, 0.05) is 16.8 Å². The van der Waals surface area contributed by atoms with Crippen molar-refractivity contribution in [3.05, 3.63) is 41.1 Å². The zero-order valence-electron chi connectivity index (χ0n) is 7.29. The van der Waals surface area contributed by atoms with Crippen molar-refractivity contribution in [1.29, 1.82) is 0 Å². The second kappa shape index (κ2) is 3.72. The van der Waals surface area contributed by atoms with Gasteiger partial charge in [-0.15, -0.1) is 0 Å². The highest BCUT2D eigenvalue weighted by Gasteiger charge is 2.12. The van der Waals surface area contributed by atoms with Crippen molar-refractivity contribution in [3.63, 3.8) is 0 Å². The van der Waals surface area contributed by atoms with Crippen LogP contribution in [0.3, 0.4) is 0 Å². The van der Waals surface area contributed by atoms with Crippen molar-refractivity contribution in [2.45, 2.75) is 0 Å². The van der Waals surface area contributed by atoms with Crippen LogP contribution in [0, 0.1) is 0 Å². The van der Waals surface area contributed by atoms with E-state index in [1.54, 1.807) is 12.1 Å². The number of carbonyl (C=O) groups is 1. The number of halogens is 1. The van der Waals surface area contributed by atoms with Crippen molar-refractivity contribution in [2.24, 2.45) is 0 Å². The lowest BCUT2D eigenvalue weighted by Gasteiger charge is -2.04. The molecule has 0 bridgehead atoms. The summed E-state index contributed by atoms with van der Waals surface area (Å²) in [4.78, 5) is 10.7. The van der Waals surface area contributed by atoms with E-state index in [4.69, 9.17) is 16.3 Å². The van der Waals surface area contributed by atoms with Crippen molar-refractivity contribution < 1.29 is 9.53 Å². The number of cyclic esters (lactones) is 1. The average molecular weight is 210 g/mol. The van der Waals surface area contributed by atoms with Gasteiger partial charge >= 0.3 is 5.97 Å². The Hall–Kier alpha value is -1.48. The summed E-state index contributed by atoms with van der Waals surface area (Å²) in [6.07, 6.45) is 1.44. The topological polar surface area (TPSA) is 38.3 Å². The largest absolute Gasteiger partial charge is 0.456 e. The zero-order chi connectivity index (χ0) is 9.97. The number of hydrogen-bond donors (Lipinski definition) is 1. The lowest BCUT2D eigenvalue weighted by molar-refractivity contribution is -0.134. The van der Waals surface area contributed by atoms with Crippen molar-refractivity contribution in [1.82, 2.24) is 0 Å². The molecule has 0 aromatic heterocycles. The molecule has 4 heteroatoms. The smallest absolute Gasteiger partial charge is 0.333 e. The van der Waals surface area contributed by atoms with E-state index in [0.29, 0.717) is 11.6 Å². The third kappa shape index (κ3) is 2.06. The molecule has 1 aliphatic heterocycles. The molecule has 0 amide bonds. The van der Waals surface area contributed by atoms with Crippen LogP contribution in [0.15, 0.2) is 36.0 Å². The predicted octanol–water partition coefficient (Wildman–Crippen LogP) is 2.19. The molecule has 0 unspecified atom stereocenters. The molecule has 0 saturated heterocycles. The fourth-order valence-corrected chi connectivity index (χ4v) is 1.29. The fraction of sp³-hybridized carbons (Fsp3) is 0.100. The Bertz CT molecular complexity index is 384. The van der Waals surface area contributed by atoms with Crippen molar-refractivity contribution >= 4 is 23.3 Å². The number of ether oxygens (including phenoxy) is 1. The Kier molecular flexibility index (Phi) is 2.41. The van der Waals surface area contributed by atoms with E-state index < -0.39 is 0 Å². The van der Waals surface area contributed by atoms with E-state index in [1.165, 1.54) is 6.08 Å². The summed E-state index contributed by atoms with van der Waals surface area (Å²) in [7, 11) is 0. The number of carbonyl (C=O) groups excluding carboxylic acids is 1. The van der Waals surface area contributed by atoms with E-state index >= 15 is 0 Å². The van der Waals surface area contributed by atoms with Crippen LogP contribution in [0.5, 0.6) is 0 Å². The maximum atomic E-state index is 10.7. The molecular weight excluding hydrogens is 202 g/mol. The van der Waals surface area contributed by atoms with Gasteiger partial charge in [0.15, 0.2) is 0 Å². The summed E-state index contributed by atoms with van der Waals surface area (Å²) >= 11 is 5.73. The summed E-state index contributed by atoms with van der Waals surface area (Å²) in [6, 6.07) is 7.24. The molecule has 3 nitrogen and oxygen atoms in total. The SMILES string of the molecule is O=C1C=C(Nc2ccc(Cl)cc2)CO1. The number of rotatable bonds is 2. The number of esters is 1. The Morgan fingerprint density at radius 3 is 2.57 bits per heavy atom. The maximum absolute atomic E-state index is 10.7. The second-order valence-corrected chi connectivity index (χ2v) is 3.35. The number of nitrogens with one attached hydrogen (secondary N) is 1. The first-order valence-electron chi connectivity index (χ1n) is 4.14. The first-order chi connectivity index (χ1) is 6.74. The molecule has 1 aromatic carbocycles. The van der Waals surface area contributed by atoms with Crippen LogP contribution in [-0.2, 0) is 9.53 Å². The Balaban J connectivity index is 2.08.